The van der Waals surface area contributed by atoms with Crippen LogP contribution >= 0.6 is 0 Å². The molecule has 0 unspecified atom stereocenters. The lowest BCUT2D eigenvalue weighted by Crippen LogP contribution is -2.33. The number of nitrogens with zero attached hydrogens (tertiary/aromatic N) is 2. The molecule has 5 heteroatoms. The van der Waals surface area contributed by atoms with Crippen LogP contribution in [0.15, 0.2) is 42.5 Å². The fourth-order valence-corrected chi connectivity index (χ4v) is 3.15. The first-order valence-electron chi connectivity index (χ1n) is 7.67. The molecule has 2 aromatic carbocycles. The fourth-order valence-electron chi connectivity index (χ4n) is 3.15. The Bertz CT molecular complexity index is 897. The zero-order valence-electron chi connectivity index (χ0n) is 12.8. The van der Waals surface area contributed by atoms with Crippen LogP contribution in [-0.4, -0.2) is 26.6 Å². The molecule has 5 nitrogen and oxygen atoms in total. The highest BCUT2D eigenvalue weighted by Gasteiger charge is 2.24. The van der Waals surface area contributed by atoms with E-state index in [1.165, 1.54) is 0 Å². The molecule has 2 heterocycles. The van der Waals surface area contributed by atoms with Crippen molar-refractivity contribution in [2.24, 2.45) is 0 Å². The SMILES string of the molecule is C[C@H]1Cn2c(-c3ccc(CO)cc3)nc3cccc(c32)C(=O)N1. The first-order valence-corrected chi connectivity index (χ1v) is 7.67. The van der Waals surface area contributed by atoms with Crippen LogP contribution in [0.4, 0.5) is 0 Å². The van der Waals surface area contributed by atoms with E-state index in [4.69, 9.17) is 4.98 Å². The minimum absolute atomic E-state index is 0.0241. The second-order valence-corrected chi connectivity index (χ2v) is 5.95. The summed E-state index contributed by atoms with van der Waals surface area (Å²) in [5.74, 6) is 0.796. The molecule has 1 aliphatic rings. The molecule has 1 amide bonds. The number of carbonyl (C=O) groups excluding carboxylic acids is 1. The van der Waals surface area contributed by atoms with Gasteiger partial charge in [0.15, 0.2) is 0 Å². The Morgan fingerprint density at radius 1 is 1.26 bits per heavy atom. The summed E-state index contributed by atoms with van der Waals surface area (Å²) in [6, 6.07) is 13.4. The van der Waals surface area contributed by atoms with Crippen molar-refractivity contribution in [3.05, 3.63) is 53.6 Å². The number of carbonyl (C=O) groups is 1. The van der Waals surface area contributed by atoms with Gasteiger partial charge in [-0.1, -0.05) is 30.3 Å². The van der Waals surface area contributed by atoms with Crippen molar-refractivity contribution in [2.75, 3.05) is 0 Å². The average Bonchev–Trinajstić information content (AvgIpc) is 2.86. The molecule has 0 aliphatic carbocycles. The van der Waals surface area contributed by atoms with Crippen molar-refractivity contribution >= 4 is 16.9 Å². The minimum atomic E-state index is -0.0519. The second-order valence-electron chi connectivity index (χ2n) is 5.95. The van der Waals surface area contributed by atoms with E-state index in [0.717, 1.165) is 28.0 Å². The van der Waals surface area contributed by atoms with Crippen molar-refractivity contribution in [1.29, 1.82) is 0 Å². The number of nitrogens with one attached hydrogen (secondary N) is 1. The lowest BCUT2D eigenvalue weighted by Gasteiger charge is -2.13. The number of hydrogen-bond donors (Lipinski definition) is 2. The van der Waals surface area contributed by atoms with Crippen molar-refractivity contribution in [3.63, 3.8) is 0 Å². The molecule has 0 bridgehead atoms. The molecule has 4 rings (SSSR count). The summed E-state index contributed by atoms with van der Waals surface area (Å²) in [6.07, 6.45) is 0. The first kappa shape index (κ1) is 14.0. The molecule has 0 radical (unpaired) electrons. The zero-order valence-corrected chi connectivity index (χ0v) is 12.8. The minimum Gasteiger partial charge on any atom is -0.392 e. The van der Waals surface area contributed by atoms with Gasteiger partial charge in [0.05, 0.1) is 23.2 Å². The summed E-state index contributed by atoms with van der Waals surface area (Å²) in [5.41, 5.74) is 4.22. The Kier molecular flexibility index (Phi) is 3.16. The highest BCUT2D eigenvalue weighted by molar-refractivity contribution is 6.06. The van der Waals surface area contributed by atoms with Crippen molar-refractivity contribution in [3.8, 4) is 11.4 Å². The predicted octanol–water partition coefficient (Wildman–Crippen LogP) is 2.33. The van der Waals surface area contributed by atoms with Crippen molar-refractivity contribution in [2.45, 2.75) is 26.1 Å². The number of para-hydroxylation sites is 1. The summed E-state index contributed by atoms with van der Waals surface area (Å²) in [7, 11) is 0. The molecule has 23 heavy (non-hydrogen) atoms. The topological polar surface area (TPSA) is 67.1 Å². The standard InChI is InChI=1S/C18H17N3O2/c1-11-9-21-16-14(18(23)19-11)3-2-4-15(16)20-17(21)13-7-5-12(10-22)6-8-13/h2-8,11,22H,9-10H2,1H3,(H,19,23)/t11-/m0/s1. The molecule has 0 saturated heterocycles. The van der Waals surface area contributed by atoms with Gasteiger partial charge < -0.3 is 15.0 Å². The number of aliphatic hydroxyl groups excluding tert-OH is 1. The van der Waals surface area contributed by atoms with Gasteiger partial charge in [0.1, 0.15) is 5.82 Å². The monoisotopic (exact) mass is 307 g/mol. The number of rotatable bonds is 2. The van der Waals surface area contributed by atoms with Crippen molar-refractivity contribution < 1.29 is 9.90 Å². The summed E-state index contributed by atoms with van der Waals surface area (Å²) in [5, 5.41) is 12.2. The first-order chi connectivity index (χ1) is 11.2. The summed E-state index contributed by atoms with van der Waals surface area (Å²) >= 11 is 0. The number of hydrogen-bond acceptors (Lipinski definition) is 3. The molecule has 1 atom stereocenters. The summed E-state index contributed by atoms with van der Waals surface area (Å²) in [6.45, 7) is 2.70. The lowest BCUT2D eigenvalue weighted by molar-refractivity contribution is 0.0942. The van der Waals surface area contributed by atoms with E-state index in [2.05, 4.69) is 9.88 Å². The number of aliphatic hydroxyl groups is 1. The van der Waals surface area contributed by atoms with E-state index >= 15 is 0 Å². The van der Waals surface area contributed by atoms with Gasteiger partial charge in [0.2, 0.25) is 0 Å². The maximum Gasteiger partial charge on any atom is 0.253 e. The third-order valence-electron chi connectivity index (χ3n) is 4.24. The number of aromatic nitrogens is 2. The van der Waals surface area contributed by atoms with Gasteiger partial charge in [-0.25, -0.2) is 4.98 Å². The van der Waals surface area contributed by atoms with Gasteiger partial charge in [-0.05, 0) is 24.6 Å². The Labute approximate surface area is 133 Å². The molecule has 116 valence electrons. The van der Waals surface area contributed by atoms with Crippen LogP contribution in [0.25, 0.3) is 22.4 Å². The molecule has 0 spiro atoms. The highest BCUT2D eigenvalue weighted by atomic mass is 16.3. The zero-order chi connectivity index (χ0) is 16.0. The normalized spacial score (nSPS) is 17.1. The Morgan fingerprint density at radius 2 is 2.04 bits per heavy atom. The van der Waals surface area contributed by atoms with E-state index in [1.807, 2.05) is 49.4 Å². The van der Waals surface area contributed by atoms with Crippen LogP contribution in [0.3, 0.4) is 0 Å². The van der Waals surface area contributed by atoms with E-state index in [1.54, 1.807) is 0 Å². The number of imidazole rings is 1. The fraction of sp³-hybridized carbons (Fsp3) is 0.222. The van der Waals surface area contributed by atoms with Gasteiger partial charge in [0, 0.05) is 18.2 Å². The van der Waals surface area contributed by atoms with Gasteiger partial charge in [-0.15, -0.1) is 0 Å². The van der Waals surface area contributed by atoms with E-state index in [9.17, 15) is 9.90 Å². The summed E-state index contributed by atoms with van der Waals surface area (Å²) < 4.78 is 2.11. The Morgan fingerprint density at radius 3 is 2.78 bits per heavy atom. The van der Waals surface area contributed by atoms with Gasteiger partial charge in [0.25, 0.3) is 5.91 Å². The van der Waals surface area contributed by atoms with Crippen molar-refractivity contribution in [1.82, 2.24) is 14.9 Å². The van der Waals surface area contributed by atoms with Crippen LogP contribution in [0.1, 0.15) is 22.8 Å². The van der Waals surface area contributed by atoms with Crippen LogP contribution in [0, 0.1) is 0 Å². The third-order valence-corrected chi connectivity index (χ3v) is 4.24. The van der Waals surface area contributed by atoms with E-state index in [-0.39, 0.29) is 18.6 Å². The van der Waals surface area contributed by atoms with Gasteiger partial charge in [-0.3, -0.25) is 4.79 Å². The highest BCUT2D eigenvalue weighted by Crippen LogP contribution is 2.29. The van der Waals surface area contributed by atoms with Crippen LogP contribution in [0.2, 0.25) is 0 Å². The van der Waals surface area contributed by atoms with Gasteiger partial charge >= 0.3 is 0 Å². The Balaban J connectivity index is 1.97. The average molecular weight is 307 g/mol. The smallest absolute Gasteiger partial charge is 0.253 e. The second kappa shape index (κ2) is 5.21. The predicted molar refractivity (Wildman–Crippen MR) is 88.0 cm³/mol. The molecular weight excluding hydrogens is 290 g/mol. The molecule has 2 N–H and O–H groups in total. The molecule has 3 aromatic rings. The maximum atomic E-state index is 12.4. The third kappa shape index (κ3) is 2.21. The summed E-state index contributed by atoms with van der Waals surface area (Å²) in [4.78, 5) is 17.1. The quantitative estimate of drug-likeness (QED) is 0.763. The molecule has 0 saturated carbocycles. The largest absolute Gasteiger partial charge is 0.392 e. The van der Waals surface area contributed by atoms with Gasteiger partial charge in [-0.2, -0.15) is 0 Å². The number of benzene rings is 2. The van der Waals surface area contributed by atoms with E-state index < -0.39 is 0 Å². The maximum absolute atomic E-state index is 12.4. The van der Waals surface area contributed by atoms with Crippen LogP contribution in [0.5, 0.6) is 0 Å². The molecular formula is C18H17N3O2. The number of amides is 1. The van der Waals surface area contributed by atoms with Crippen LogP contribution < -0.4 is 5.32 Å². The molecule has 0 fully saturated rings. The molecule has 1 aliphatic heterocycles. The lowest BCUT2D eigenvalue weighted by atomic mass is 10.1. The van der Waals surface area contributed by atoms with E-state index in [0.29, 0.717) is 12.1 Å². The van der Waals surface area contributed by atoms with Crippen LogP contribution in [-0.2, 0) is 13.2 Å². The Hall–Kier alpha value is -2.66. The molecule has 1 aromatic heterocycles.